The van der Waals surface area contributed by atoms with E-state index >= 15 is 0 Å². The summed E-state index contributed by atoms with van der Waals surface area (Å²) in [4.78, 5) is 4.88. The van der Waals surface area contributed by atoms with Crippen molar-refractivity contribution in [2.45, 2.75) is 105 Å². The molecule has 0 bridgehead atoms. The highest BCUT2D eigenvalue weighted by Crippen LogP contribution is 2.37. The summed E-state index contributed by atoms with van der Waals surface area (Å²) >= 11 is 0. The van der Waals surface area contributed by atoms with Crippen molar-refractivity contribution in [3.8, 4) is 0 Å². The highest BCUT2D eigenvalue weighted by atomic mass is 127. The molecule has 370 valence electrons. The minimum atomic E-state index is 0. The van der Waals surface area contributed by atoms with Crippen LogP contribution in [0.15, 0.2) is 98.1 Å². The lowest BCUT2D eigenvalue weighted by atomic mass is 10.1. The van der Waals surface area contributed by atoms with Crippen molar-refractivity contribution < 1.29 is 171 Å². The second-order valence-corrected chi connectivity index (χ2v) is 17.8. The van der Waals surface area contributed by atoms with Gasteiger partial charge in [0, 0.05) is 73.2 Å². The van der Waals surface area contributed by atoms with Crippen LogP contribution >= 0.6 is 0 Å². The average molecular weight is 1560 g/mol. The Balaban J connectivity index is -0.000000231. The van der Waals surface area contributed by atoms with Gasteiger partial charge in [-0.15, -0.1) is 0 Å². The summed E-state index contributed by atoms with van der Waals surface area (Å²) < 4.78 is 10.9. The molecule has 4 aliphatic rings. The van der Waals surface area contributed by atoms with Gasteiger partial charge < -0.3 is 153 Å². The van der Waals surface area contributed by atoms with Crippen LogP contribution in [-0.4, -0.2) is 86.7 Å². The molecular formula is C50H88I6N8. The van der Waals surface area contributed by atoms with E-state index in [1.165, 1.54) is 111 Å². The van der Waals surface area contributed by atoms with Crippen molar-refractivity contribution in [2.75, 3.05) is 68.0 Å². The van der Waals surface area contributed by atoms with Gasteiger partial charge in [-0.05, 0) is 84.1 Å². The van der Waals surface area contributed by atoms with Crippen molar-refractivity contribution in [1.29, 1.82) is 0 Å². The second-order valence-electron chi connectivity index (χ2n) is 17.8. The number of aromatic nitrogens is 4. The third-order valence-corrected chi connectivity index (χ3v) is 13.1. The fourth-order valence-electron chi connectivity index (χ4n) is 9.68. The number of quaternary nitrogens is 2. The van der Waals surface area contributed by atoms with E-state index in [0.717, 1.165) is 4.48 Å². The van der Waals surface area contributed by atoms with Crippen molar-refractivity contribution in [3.05, 3.63) is 120 Å². The number of aryl methyl sites for hydroxylation is 4. The predicted octanol–water partition coefficient (Wildman–Crippen LogP) is -10.3. The smallest absolute Gasteiger partial charge is 0.177 e. The van der Waals surface area contributed by atoms with Gasteiger partial charge in [0.25, 0.3) is 0 Å². The molecule has 0 amide bonds. The molecule has 4 saturated heterocycles. The highest BCUT2D eigenvalue weighted by molar-refractivity contribution is 5.14. The lowest BCUT2D eigenvalue weighted by Crippen LogP contribution is -3.00. The van der Waals surface area contributed by atoms with E-state index in [2.05, 4.69) is 197 Å². The molecule has 8 heterocycles. The van der Waals surface area contributed by atoms with Crippen LogP contribution < -0.4 is 162 Å². The Morgan fingerprint density at radius 1 is 0.484 bits per heavy atom. The maximum Gasteiger partial charge on any atom is 0.177 e. The second kappa shape index (κ2) is 35.8. The third-order valence-electron chi connectivity index (χ3n) is 13.1. The third kappa shape index (κ3) is 21.4. The van der Waals surface area contributed by atoms with Crippen molar-refractivity contribution >= 4 is 0 Å². The van der Waals surface area contributed by atoms with Gasteiger partial charge in [-0.1, -0.05) is 22.3 Å². The molecule has 5 atom stereocenters. The van der Waals surface area contributed by atoms with E-state index in [1.807, 2.05) is 0 Å². The number of pyridine rings is 4. The Kier molecular flexibility index (Phi) is 41.3. The molecule has 4 aromatic rings. The molecule has 0 N–H and O–H groups in total. The van der Waals surface area contributed by atoms with Gasteiger partial charge in [-0.2, -0.15) is 0 Å². The summed E-state index contributed by atoms with van der Waals surface area (Å²) in [7, 11) is 19.9. The number of hydrogen-bond donors (Lipinski definition) is 0. The lowest BCUT2D eigenvalue weighted by Gasteiger charge is -2.34. The quantitative estimate of drug-likeness (QED) is 0.113. The van der Waals surface area contributed by atoms with E-state index in [4.69, 9.17) is 0 Å². The largest absolute Gasteiger partial charge is 1.00 e. The van der Waals surface area contributed by atoms with Crippen molar-refractivity contribution in [3.63, 3.8) is 0 Å². The van der Waals surface area contributed by atoms with E-state index in [0.29, 0.717) is 24.2 Å². The van der Waals surface area contributed by atoms with Gasteiger partial charge in [0.1, 0.15) is 40.3 Å². The van der Waals surface area contributed by atoms with Crippen molar-refractivity contribution in [1.82, 2.24) is 9.80 Å². The van der Waals surface area contributed by atoms with E-state index in [-0.39, 0.29) is 166 Å². The Morgan fingerprint density at radius 2 is 0.812 bits per heavy atom. The van der Waals surface area contributed by atoms with Gasteiger partial charge in [0.2, 0.25) is 0 Å². The summed E-state index contributed by atoms with van der Waals surface area (Å²) in [6, 6.07) is 20.3. The van der Waals surface area contributed by atoms with Crippen LogP contribution in [0.4, 0.5) is 0 Å². The molecule has 14 heteroatoms. The zero-order chi connectivity index (χ0) is 39.6. The standard InChI is InChI=1S/C13H22N2.C12H20N2.2C11H17N2.3CH4.6HI/c1-4-15(3)10-6-8-13(15)12-7-5-9-14(2)11-12;1-13-8-4-6-11(10-13)12-7-5-9-14(12,2)3;2*1-12-7-3-5-10(9-12)11-6-4-8-13(11)2;;;;;;;;;/h5,7,9,11,13H,4,6,8,10H2,1-3H3;4,6,8,10,12H,5,7,9H2,1-3H3;2*3,5,7,9,11H,4,6,8H2,1-2H3;3*1H4;6*1H/q2*+2;2*+1;;;;;;;;;/p-6. The molecule has 4 fully saturated rings. The van der Waals surface area contributed by atoms with Crippen molar-refractivity contribution in [2.24, 2.45) is 28.2 Å². The molecule has 0 aliphatic carbocycles. The first-order valence-electron chi connectivity index (χ1n) is 21.2. The fourth-order valence-corrected chi connectivity index (χ4v) is 9.68. The Morgan fingerprint density at radius 3 is 1.12 bits per heavy atom. The molecule has 0 radical (unpaired) electrons. The lowest BCUT2D eigenvalue weighted by molar-refractivity contribution is -0.925. The first-order valence-corrected chi connectivity index (χ1v) is 21.2. The molecule has 8 nitrogen and oxygen atoms in total. The topological polar surface area (TPSA) is 22.0 Å². The Labute approximate surface area is 496 Å². The van der Waals surface area contributed by atoms with Crippen LogP contribution in [0, 0.1) is 0 Å². The average Bonchev–Trinajstić information content (AvgIpc) is 3.96. The zero-order valence-corrected chi connectivity index (χ0v) is 51.5. The highest BCUT2D eigenvalue weighted by Gasteiger charge is 2.39. The predicted molar refractivity (Wildman–Crippen MR) is 242 cm³/mol. The zero-order valence-electron chi connectivity index (χ0n) is 38.6. The van der Waals surface area contributed by atoms with E-state index in [1.54, 1.807) is 0 Å². The molecule has 8 rings (SSSR count). The minimum absolute atomic E-state index is 0. The summed E-state index contributed by atoms with van der Waals surface area (Å²) in [5.41, 5.74) is 5.88. The first-order chi connectivity index (χ1) is 26.3. The van der Waals surface area contributed by atoms with Gasteiger partial charge in [0.05, 0.1) is 51.9 Å². The Bertz CT molecular complexity index is 1760. The molecular weight excluding hydrogens is 1470 g/mol. The monoisotopic (exact) mass is 1560 g/mol. The molecule has 4 aliphatic heterocycles. The molecule has 0 saturated carbocycles. The number of likely N-dealkylation sites (tertiary alicyclic amines) is 4. The molecule has 64 heavy (non-hydrogen) atoms. The Hall–Kier alpha value is 0.820. The first kappa shape index (κ1) is 73.8. The van der Waals surface area contributed by atoms with Crippen LogP contribution in [0.2, 0.25) is 0 Å². The van der Waals surface area contributed by atoms with Crippen LogP contribution in [0.25, 0.3) is 0 Å². The minimum Gasteiger partial charge on any atom is -1.00 e. The number of hydrogen-bond acceptors (Lipinski definition) is 2. The maximum atomic E-state index is 2.44. The molecule has 0 aromatic carbocycles. The fraction of sp³-hybridized carbons (Fsp3) is 0.600. The van der Waals surface area contributed by atoms with Crippen LogP contribution in [0.5, 0.6) is 0 Å². The van der Waals surface area contributed by atoms with E-state index < -0.39 is 0 Å². The SMILES string of the molecule is C.C.C.CC[N+]1(C)CCCC1c1ccc[n+](C)c1.CN1CCCC1c1ccc[n+](C)c1.CN1CCCC1c1ccc[n+](C)c1.C[n+]1cccc(C2CCC[N+]2(C)C)c1.[I-].[I-].[I-].[I-].[I-].[I-]. The van der Waals surface area contributed by atoms with Gasteiger partial charge in [0.15, 0.2) is 49.6 Å². The molecule has 0 spiro atoms. The van der Waals surface area contributed by atoms with Crippen LogP contribution in [0.3, 0.4) is 0 Å². The number of nitrogens with zero attached hydrogens (tertiary/aromatic N) is 8. The van der Waals surface area contributed by atoms with Gasteiger partial charge in [-0.3, -0.25) is 9.80 Å². The summed E-state index contributed by atoms with van der Waals surface area (Å²) in [6.45, 7) is 8.67. The maximum absolute atomic E-state index is 2.44. The van der Waals surface area contributed by atoms with Gasteiger partial charge >= 0.3 is 0 Å². The summed E-state index contributed by atoms with van der Waals surface area (Å²) in [5.74, 6) is 0. The molecule has 4 aromatic heterocycles. The summed E-state index contributed by atoms with van der Waals surface area (Å²) in [5, 5.41) is 0. The molecule has 5 unspecified atom stereocenters. The number of rotatable bonds is 5. The normalized spacial score (nSPS) is 22.3. The van der Waals surface area contributed by atoms with Gasteiger partial charge in [-0.25, -0.2) is 18.3 Å². The van der Waals surface area contributed by atoms with Crippen LogP contribution in [0.1, 0.15) is 127 Å². The van der Waals surface area contributed by atoms with E-state index in [9.17, 15) is 0 Å². The summed E-state index contributed by atoms with van der Waals surface area (Å²) in [6.07, 6.45) is 28.0. The van der Waals surface area contributed by atoms with Crippen LogP contribution in [-0.2, 0) is 28.2 Å². The number of halogens is 6.